The van der Waals surface area contributed by atoms with Crippen LogP contribution in [0.2, 0.25) is 0 Å². The number of para-hydroxylation sites is 1. The number of fused-ring (bicyclic) bond motifs is 11. The summed E-state index contributed by atoms with van der Waals surface area (Å²) in [5.41, 5.74) is 7.50. The zero-order chi connectivity index (χ0) is 35.5. The molecule has 0 saturated heterocycles. The molecule has 11 aromatic rings. The van der Waals surface area contributed by atoms with Gasteiger partial charge in [0.25, 0.3) is 0 Å². The van der Waals surface area contributed by atoms with E-state index in [4.69, 9.17) is 9.97 Å². The van der Waals surface area contributed by atoms with E-state index in [2.05, 4.69) is 182 Å². The molecule has 0 unspecified atom stereocenters. The van der Waals surface area contributed by atoms with Gasteiger partial charge in [0.2, 0.25) is 5.95 Å². The van der Waals surface area contributed by atoms with Gasteiger partial charge in [0.05, 0.1) is 22.2 Å². The van der Waals surface area contributed by atoms with Crippen LogP contribution in [0.4, 0.5) is 0 Å². The highest BCUT2D eigenvalue weighted by Crippen LogP contribution is 2.43. The highest BCUT2D eigenvalue weighted by Gasteiger charge is 2.22. The van der Waals surface area contributed by atoms with Gasteiger partial charge in [0, 0.05) is 58.2 Å². The molecular weight excluding hydrogens is 663 g/mol. The van der Waals surface area contributed by atoms with E-state index in [1.54, 1.807) is 0 Å². The van der Waals surface area contributed by atoms with Gasteiger partial charge in [0.15, 0.2) is 0 Å². The van der Waals surface area contributed by atoms with Crippen molar-refractivity contribution in [1.82, 2.24) is 14.5 Å². The molecule has 0 aliphatic rings. The van der Waals surface area contributed by atoms with Gasteiger partial charge in [0.1, 0.15) is 0 Å². The average molecular weight is 698 g/mol. The largest absolute Gasteiger partial charge is 0.277 e. The molecule has 0 bridgehead atoms. The Morgan fingerprint density at radius 1 is 0.453 bits per heavy atom. The number of thiophene rings is 1. The van der Waals surface area contributed by atoms with Gasteiger partial charge in [-0.1, -0.05) is 160 Å². The van der Waals surface area contributed by atoms with Crippen LogP contribution < -0.4 is 0 Å². The van der Waals surface area contributed by atoms with Gasteiger partial charge in [-0.2, -0.15) is 0 Å². The minimum atomic E-state index is 0.665. The van der Waals surface area contributed by atoms with Crippen LogP contribution in [0.15, 0.2) is 164 Å². The van der Waals surface area contributed by atoms with E-state index < -0.39 is 0 Å². The fourth-order valence-electron chi connectivity index (χ4n) is 7.92. The van der Waals surface area contributed by atoms with Crippen LogP contribution in [0.1, 0.15) is 20.3 Å². The average Bonchev–Trinajstić information content (AvgIpc) is 3.77. The second-order valence-electron chi connectivity index (χ2n) is 13.7. The van der Waals surface area contributed by atoms with Crippen molar-refractivity contribution in [2.24, 2.45) is 0 Å². The first-order valence-corrected chi connectivity index (χ1v) is 19.2. The molecule has 4 heteroatoms. The van der Waals surface area contributed by atoms with E-state index in [1.165, 1.54) is 53.7 Å². The molecule has 0 aliphatic heterocycles. The van der Waals surface area contributed by atoms with Crippen molar-refractivity contribution in [1.29, 1.82) is 0 Å². The summed E-state index contributed by atoms with van der Waals surface area (Å²) in [7, 11) is 0. The van der Waals surface area contributed by atoms with Crippen molar-refractivity contribution < 1.29 is 0 Å². The molecule has 3 aromatic heterocycles. The smallest absolute Gasteiger partial charge is 0.235 e. The minimum absolute atomic E-state index is 0.665. The number of nitrogens with zero attached hydrogens (tertiary/aromatic N) is 3. The molecule has 0 saturated carbocycles. The Bertz CT molecular complexity index is 3170. The molecule has 11 rings (SSSR count). The number of rotatable bonds is 3. The highest BCUT2D eigenvalue weighted by atomic mass is 32.1. The predicted octanol–water partition coefficient (Wildman–Crippen LogP) is 14.2. The molecule has 0 aliphatic carbocycles. The van der Waals surface area contributed by atoms with Crippen LogP contribution in [0.25, 0.3) is 103 Å². The Kier molecular flexibility index (Phi) is 7.52. The molecule has 8 aromatic carbocycles. The fourth-order valence-corrected chi connectivity index (χ4v) is 9.01. The Hall–Kier alpha value is -6.36. The summed E-state index contributed by atoms with van der Waals surface area (Å²) in [5, 5.41) is 10.6. The maximum Gasteiger partial charge on any atom is 0.235 e. The Morgan fingerprint density at radius 2 is 1.08 bits per heavy atom. The van der Waals surface area contributed by atoms with Crippen LogP contribution in [0.3, 0.4) is 0 Å². The summed E-state index contributed by atoms with van der Waals surface area (Å²) in [6, 6.07) is 58.9. The molecule has 3 heterocycles. The lowest BCUT2D eigenvalue weighted by molar-refractivity contribution is 1.02. The van der Waals surface area contributed by atoms with Crippen molar-refractivity contribution in [3.63, 3.8) is 0 Å². The van der Waals surface area contributed by atoms with Crippen molar-refractivity contribution in [3.8, 4) is 28.3 Å². The van der Waals surface area contributed by atoms with Gasteiger partial charge in [-0.15, -0.1) is 11.3 Å². The third-order valence-corrected chi connectivity index (χ3v) is 11.3. The summed E-state index contributed by atoms with van der Waals surface area (Å²) < 4.78 is 4.95. The molecule has 0 atom stereocenters. The summed E-state index contributed by atoms with van der Waals surface area (Å²) in [5.74, 6) is 0.665. The lowest BCUT2D eigenvalue weighted by Crippen LogP contribution is -2.05. The van der Waals surface area contributed by atoms with Crippen LogP contribution in [-0.2, 0) is 0 Å². The van der Waals surface area contributed by atoms with Crippen LogP contribution in [0.5, 0.6) is 0 Å². The molecular formula is C49H35N3S. The number of hydrogen-bond donors (Lipinski definition) is 0. The first-order valence-electron chi connectivity index (χ1n) is 18.3. The van der Waals surface area contributed by atoms with Gasteiger partial charge in [-0.3, -0.25) is 4.57 Å². The van der Waals surface area contributed by atoms with E-state index in [0.29, 0.717) is 5.95 Å². The summed E-state index contributed by atoms with van der Waals surface area (Å²) in [4.78, 5) is 11.0. The first-order chi connectivity index (χ1) is 26.2. The second kappa shape index (κ2) is 12.7. The second-order valence-corrected chi connectivity index (χ2v) is 14.7. The Labute approximate surface area is 311 Å². The molecule has 252 valence electrons. The summed E-state index contributed by atoms with van der Waals surface area (Å²) in [6.07, 6.45) is 1.25. The normalized spacial score (nSPS) is 11.7. The first kappa shape index (κ1) is 31.4. The minimum Gasteiger partial charge on any atom is -0.277 e. The van der Waals surface area contributed by atoms with Crippen LogP contribution in [-0.4, -0.2) is 14.5 Å². The summed E-state index contributed by atoms with van der Waals surface area (Å²) >= 11 is 1.85. The lowest BCUT2D eigenvalue weighted by Gasteiger charge is -2.15. The van der Waals surface area contributed by atoms with Gasteiger partial charge in [-0.05, 0) is 40.6 Å². The number of benzene rings is 8. The standard InChI is InChI=1S/C46H27N3S.C3H8/c1-2-13-30(14-3-1)42-38-25-22-28-11-4-6-15-32(28)43(38)48-46(47-42)49-44-33-16-7-5-12-29(33)21-24-37(44)36-19-10-18-34(45(36)49)31-23-26-41-39(27-31)35-17-8-9-20-40(35)50-41;1-3-2/h1-27H;3H2,1-2H3. The monoisotopic (exact) mass is 697 g/mol. The molecule has 0 radical (unpaired) electrons. The van der Waals surface area contributed by atoms with Gasteiger partial charge >= 0.3 is 0 Å². The topological polar surface area (TPSA) is 30.7 Å². The van der Waals surface area contributed by atoms with Crippen LogP contribution in [0, 0.1) is 0 Å². The summed E-state index contributed by atoms with van der Waals surface area (Å²) in [6.45, 7) is 4.25. The molecule has 0 spiro atoms. The van der Waals surface area contributed by atoms with Crippen molar-refractivity contribution in [2.75, 3.05) is 0 Å². The Morgan fingerprint density at radius 3 is 1.89 bits per heavy atom. The van der Waals surface area contributed by atoms with E-state index in [9.17, 15) is 0 Å². The van der Waals surface area contributed by atoms with Crippen molar-refractivity contribution >= 4 is 85.8 Å². The third kappa shape index (κ3) is 5.02. The Balaban J connectivity index is 0.00000113. The van der Waals surface area contributed by atoms with Crippen molar-refractivity contribution in [3.05, 3.63) is 164 Å². The fraction of sp³-hybridized carbons (Fsp3) is 0.0612. The quantitative estimate of drug-likeness (QED) is 0.172. The molecule has 3 nitrogen and oxygen atoms in total. The maximum absolute atomic E-state index is 5.51. The zero-order valence-corrected chi connectivity index (χ0v) is 30.4. The third-order valence-electron chi connectivity index (χ3n) is 10.2. The maximum atomic E-state index is 5.51. The van der Waals surface area contributed by atoms with E-state index in [0.717, 1.165) is 49.5 Å². The lowest BCUT2D eigenvalue weighted by atomic mass is 9.99. The SMILES string of the molecule is CCC.c1ccc(-c2nc(-n3c4c(-c5ccc6sc7ccccc7c6c5)cccc4c4ccc5ccccc5c43)nc3c2ccc2ccccc23)cc1. The van der Waals surface area contributed by atoms with Gasteiger partial charge in [-0.25, -0.2) is 9.97 Å². The predicted molar refractivity (Wildman–Crippen MR) is 229 cm³/mol. The van der Waals surface area contributed by atoms with Gasteiger partial charge < -0.3 is 0 Å². The molecule has 0 N–H and O–H groups in total. The van der Waals surface area contributed by atoms with E-state index in [-0.39, 0.29) is 0 Å². The van der Waals surface area contributed by atoms with Crippen LogP contribution >= 0.6 is 11.3 Å². The molecule has 0 fully saturated rings. The highest BCUT2D eigenvalue weighted by molar-refractivity contribution is 7.25. The molecule has 0 amide bonds. The number of aromatic nitrogens is 3. The van der Waals surface area contributed by atoms with E-state index in [1.807, 2.05) is 11.3 Å². The number of hydrogen-bond acceptors (Lipinski definition) is 3. The molecule has 53 heavy (non-hydrogen) atoms. The van der Waals surface area contributed by atoms with E-state index >= 15 is 0 Å². The zero-order valence-electron chi connectivity index (χ0n) is 29.5. The van der Waals surface area contributed by atoms with Crippen molar-refractivity contribution in [2.45, 2.75) is 20.3 Å².